The van der Waals surface area contributed by atoms with E-state index in [1.54, 1.807) is 26.0 Å². The van der Waals surface area contributed by atoms with E-state index in [1.165, 1.54) is 26.8 Å². The molecule has 0 spiro atoms. The summed E-state index contributed by atoms with van der Waals surface area (Å²) in [5.41, 5.74) is -1.16. The first-order valence-electron chi connectivity index (χ1n) is 10.5. The summed E-state index contributed by atoms with van der Waals surface area (Å²) in [4.78, 5) is 11.0. The molecule has 0 amide bonds. The number of aromatic nitrogens is 2. The van der Waals surface area contributed by atoms with Crippen molar-refractivity contribution >= 4 is 10.0 Å². The number of sulfonamides is 1. The van der Waals surface area contributed by atoms with Gasteiger partial charge in [0.15, 0.2) is 0 Å². The second-order valence-electron chi connectivity index (χ2n) is 8.74. The second kappa shape index (κ2) is 9.33. The Morgan fingerprint density at radius 3 is 2.43 bits per heavy atom. The van der Waals surface area contributed by atoms with Crippen molar-refractivity contribution in [3.05, 3.63) is 80.2 Å². The summed E-state index contributed by atoms with van der Waals surface area (Å²) in [6, 6.07) is 4.62. The van der Waals surface area contributed by atoms with E-state index in [0.29, 0.717) is 11.6 Å². The predicted molar refractivity (Wildman–Crippen MR) is 121 cm³/mol. The van der Waals surface area contributed by atoms with Crippen LogP contribution in [0.5, 0.6) is 0 Å². The van der Waals surface area contributed by atoms with Crippen LogP contribution in [0.1, 0.15) is 66.4 Å². The minimum absolute atomic E-state index is 0.167. The van der Waals surface area contributed by atoms with Gasteiger partial charge in [0, 0.05) is 11.5 Å². The van der Waals surface area contributed by atoms with Gasteiger partial charge in [-0.25, -0.2) is 27.1 Å². The average molecular weight is 507 g/mol. The molecule has 0 aliphatic carbocycles. The molecule has 2 unspecified atom stereocenters. The number of aliphatic hydroxyl groups is 1. The molecule has 1 heterocycles. The molecule has 186 valence electrons. The number of nitriles is 1. The second-order valence-corrected chi connectivity index (χ2v) is 10.4. The maximum Gasteiger partial charge on any atom is 0.434 e. The molecule has 0 fully saturated rings. The lowest BCUT2D eigenvalue weighted by Gasteiger charge is -2.26. The number of nitrogens with zero attached hydrogens (tertiary/aromatic N) is 2. The van der Waals surface area contributed by atoms with Gasteiger partial charge in [-0.2, -0.15) is 9.98 Å². The molecule has 9 nitrogen and oxygen atoms in total. The Morgan fingerprint density at radius 1 is 1.23 bits per heavy atom. The topological polar surface area (TPSA) is 149 Å². The highest BCUT2D eigenvalue weighted by atomic mass is 32.2. The molecule has 2 atom stereocenters. The number of benzene rings is 2. The lowest BCUT2D eigenvalue weighted by Crippen LogP contribution is -2.33. The van der Waals surface area contributed by atoms with E-state index >= 15 is 0 Å². The molecule has 0 radical (unpaired) electrons. The maximum atomic E-state index is 14.9. The van der Waals surface area contributed by atoms with Gasteiger partial charge in [0.2, 0.25) is 15.9 Å². The van der Waals surface area contributed by atoms with Gasteiger partial charge in [0.1, 0.15) is 28.6 Å². The first-order chi connectivity index (χ1) is 16.2. The largest absolute Gasteiger partial charge is 0.434 e. The number of halogens is 2. The zero-order chi connectivity index (χ0) is 26.3. The van der Waals surface area contributed by atoms with Crippen LogP contribution in [-0.2, 0) is 15.6 Å². The lowest BCUT2D eigenvalue weighted by atomic mass is 9.88. The normalized spacial score (nSPS) is 13.9. The quantitative estimate of drug-likeness (QED) is 0.445. The van der Waals surface area contributed by atoms with Crippen LogP contribution >= 0.6 is 0 Å². The van der Waals surface area contributed by atoms with Crippen LogP contribution in [-0.4, -0.2) is 23.7 Å². The molecule has 0 saturated carbocycles. The smallest absolute Gasteiger partial charge is 0.391 e. The molecule has 3 rings (SSSR count). The fourth-order valence-electron chi connectivity index (χ4n) is 3.83. The molecular weight excluding hydrogens is 482 g/mol. The van der Waals surface area contributed by atoms with Crippen LogP contribution in [0, 0.1) is 36.8 Å². The third kappa shape index (κ3) is 5.17. The summed E-state index contributed by atoms with van der Waals surface area (Å²) in [5.74, 6) is -3.83. The third-order valence-electron chi connectivity index (χ3n) is 5.83. The first-order valence-corrected chi connectivity index (χ1v) is 12.0. The maximum absolute atomic E-state index is 14.9. The SMILES string of the molecule is Cc1ccc(F)c(C(C)C(NS(=O)(=O)c2cc(C(C)(C)O)c(F)cc2C#N)c2n[nH]c(=O)o2)c1C. The Bertz CT molecular complexity index is 1480. The summed E-state index contributed by atoms with van der Waals surface area (Å²) in [5, 5.41) is 25.5. The van der Waals surface area contributed by atoms with Gasteiger partial charge in [-0.1, -0.05) is 13.0 Å². The van der Waals surface area contributed by atoms with Crippen molar-refractivity contribution in [3.8, 4) is 6.07 Å². The van der Waals surface area contributed by atoms with Crippen LogP contribution in [0.15, 0.2) is 38.4 Å². The number of H-pyrrole nitrogens is 1. The van der Waals surface area contributed by atoms with E-state index in [9.17, 15) is 32.4 Å². The van der Waals surface area contributed by atoms with Crippen molar-refractivity contribution in [2.45, 2.75) is 57.1 Å². The van der Waals surface area contributed by atoms with Gasteiger partial charge >= 0.3 is 5.76 Å². The minimum Gasteiger partial charge on any atom is -0.391 e. The zero-order valence-electron chi connectivity index (χ0n) is 19.6. The molecule has 3 N–H and O–H groups in total. The average Bonchev–Trinajstić information content (AvgIpc) is 3.19. The number of nitrogens with one attached hydrogen (secondary N) is 2. The number of aryl methyl sites for hydroxylation is 1. The molecule has 2 aromatic carbocycles. The van der Waals surface area contributed by atoms with Crippen molar-refractivity contribution in [2.75, 3.05) is 0 Å². The van der Waals surface area contributed by atoms with Crippen molar-refractivity contribution in [2.24, 2.45) is 0 Å². The van der Waals surface area contributed by atoms with Gasteiger partial charge in [0.25, 0.3) is 0 Å². The highest BCUT2D eigenvalue weighted by molar-refractivity contribution is 7.89. The van der Waals surface area contributed by atoms with Crippen LogP contribution in [0.25, 0.3) is 0 Å². The number of hydrogen-bond donors (Lipinski definition) is 3. The van der Waals surface area contributed by atoms with Crippen LogP contribution in [0.3, 0.4) is 0 Å². The Hall–Kier alpha value is -3.40. The molecule has 3 aromatic rings. The van der Waals surface area contributed by atoms with Gasteiger partial charge < -0.3 is 9.52 Å². The lowest BCUT2D eigenvalue weighted by molar-refractivity contribution is 0.0743. The summed E-state index contributed by atoms with van der Waals surface area (Å²) < 4.78 is 63.5. The molecule has 12 heteroatoms. The minimum atomic E-state index is -4.62. The van der Waals surface area contributed by atoms with Crippen LogP contribution < -0.4 is 10.5 Å². The fourth-order valence-corrected chi connectivity index (χ4v) is 5.27. The fraction of sp³-hybridized carbons (Fsp3) is 0.348. The number of hydrogen-bond acceptors (Lipinski definition) is 7. The Kier molecular flexibility index (Phi) is 6.99. The van der Waals surface area contributed by atoms with E-state index < -0.39 is 55.4 Å². The Labute approximate surface area is 200 Å². The molecule has 0 bridgehead atoms. The number of aromatic amines is 1. The van der Waals surface area contributed by atoms with Gasteiger partial charge in [-0.3, -0.25) is 0 Å². The van der Waals surface area contributed by atoms with E-state index in [0.717, 1.165) is 11.6 Å². The molecule has 35 heavy (non-hydrogen) atoms. The van der Waals surface area contributed by atoms with Gasteiger partial charge in [-0.05, 0) is 62.6 Å². The molecule has 0 saturated heterocycles. The van der Waals surface area contributed by atoms with E-state index in [2.05, 4.69) is 9.82 Å². The van der Waals surface area contributed by atoms with E-state index in [-0.39, 0.29) is 17.0 Å². The van der Waals surface area contributed by atoms with Gasteiger partial charge in [0.05, 0.1) is 11.2 Å². The summed E-state index contributed by atoms with van der Waals surface area (Å²) in [6.07, 6.45) is 0. The van der Waals surface area contributed by atoms with Crippen molar-refractivity contribution in [3.63, 3.8) is 0 Å². The zero-order valence-corrected chi connectivity index (χ0v) is 20.4. The van der Waals surface area contributed by atoms with E-state index in [1.807, 2.05) is 5.10 Å². The van der Waals surface area contributed by atoms with Crippen LogP contribution in [0.2, 0.25) is 0 Å². The summed E-state index contributed by atoms with van der Waals surface area (Å²) in [7, 11) is -4.62. The first kappa shape index (κ1) is 26.2. The van der Waals surface area contributed by atoms with Crippen molar-refractivity contribution in [1.29, 1.82) is 5.26 Å². The Balaban J connectivity index is 2.19. The van der Waals surface area contributed by atoms with Gasteiger partial charge in [-0.15, -0.1) is 5.10 Å². The molecule has 1 aromatic heterocycles. The molecule has 0 aliphatic rings. The Morgan fingerprint density at radius 2 is 1.89 bits per heavy atom. The summed E-state index contributed by atoms with van der Waals surface area (Å²) in [6.45, 7) is 7.46. The number of rotatable bonds is 7. The van der Waals surface area contributed by atoms with E-state index in [4.69, 9.17) is 4.42 Å². The highest BCUT2D eigenvalue weighted by Gasteiger charge is 2.35. The van der Waals surface area contributed by atoms with Crippen molar-refractivity contribution < 1.29 is 26.7 Å². The predicted octanol–water partition coefficient (Wildman–Crippen LogP) is 3.18. The molecular formula is C23H24F2N4O5S. The van der Waals surface area contributed by atoms with Crippen molar-refractivity contribution in [1.82, 2.24) is 14.9 Å². The van der Waals surface area contributed by atoms with Crippen LogP contribution in [0.4, 0.5) is 8.78 Å². The highest BCUT2D eigenvalue weighted by Crippen LogP contribution is 2.36. The monoisotopic (exact) mass is 506 g/mol. The molecule has 0 aliphatic heterocycles. The third-order valence-corrected chi connectivity index (χ3v) is 7.31. The summed E-state index contributed by atoms with van der Waals surface area (Å²) >= 11 is 0. The standard InChI is InChI=1S/C23H24F2N4O5S/c1-11-6-7-16(24)19(12(11)2)13(3)20(21-27-28-22(30)34-21)29-35(32,33)18-9-15(23(4,5)31)17(25)8-14(18)10-26/h6-9,13,20,29,31H,1-5H3,(H,28,30).